The van der Waals surface area contributed by atoms with Gasteiger partial charge < -0.3 is 9.84 Å². The van der Waals surface area contributed by atoms with Gasteiger partial charge in [0.1, 0.15) is 17.8 Å². The van der Waals surface area contributed by atoms with E-state index in [0.29, 0.717) is 12.0 Å². The van der Waals surface area contributed by atoms with Crippen LogP contribution in [0.1, 0.15) is 23.1 Å². The molecule has 3 rings (SSSR count). The highest BCUT2D eigenvalue weighted by atomic mass is 19.1. The third-order valence-electron chi connectivity index (χ3n) is 4.02. The van der Waals surface area contributed by atoms with Gasteiger partial charge in [0.25, 0.3) is 0 Å². The second kappa shape index (κ2) is 7.75. The van der Waals surface area contributed by atoms with Crippen LogP contribution in [0.15, 0.2) is 59.3 Å². The summed E-state index contributed by atoms with van der Waals surface area (Å²) in [5.41, 5.74) is 4.23. The van der Waals surface area contributed by atoms with Crippen LogP contribution in [0.5, 0.6) is 0 Å². The van der Waals surface area contributed by atoms with E-state index in [4.69, 9.17) is 4.52 Å². The van der Waals surface area contributed by atoms with E-state index in [1.165, 1.54) is 11.6 Å². The molecule has 1 amide bonds. The smallest absolute Gasteiger partial charge is 0.220 e. The summed E-state index contributed by atoms with van der Waals surface area (Å²) in [7, 11) is 0. The van der Waals surface area contributed by atoms with Gasteiger partial charge in [-0.15, -0.1) is 0 Å². The summed E-state index contributed by atoms with van der Waals surface area (Å²) < 4.78 is 18.6. The summed E-state index contributed by atoms with van der Waals surface area (Å²) in [6.45, 7) is 2.20. The van der Waals surface area contributed by atoms with Crippen LogP contribution in [0, 0.1) is 12.7 Å². The van der Waals surface area contributed by atoms with Gasteiger partial charge in [-0.3, -0.25) is 4.79 Å². The van der Waals surface area contributed by atoms with Crippen molar-refractivity contribution in [3.05, 3.63) is 77.3 Å². The van der Waals surface area contributed by atoms with Gasteiger partial charge in [-0.2, -0.15) is 0 Å². The number of aromatic nitrogens is 1. The van der Waals surface area contributed by atoms with E-state index in [9.17, 15) is 9.18 Å². The number of rotatable bonds is 6. The summed E-state index contributed by atoms with van der Waals surface area (Å²) in [6.07, 6.45) is 2.36. The molecule has 25 heavy (non-hydrogen) atoms. The molecule has 0 bridgehead atoms. The minimum Gasteiger partial charge on any atom is -0.364 e. The largest absolute Gasteiger partial charge is 0.364 e. The van der Waals surface area contributed by atoms with Crippen molar-refractivity contribution in [3.8, 4) is 11.3 Å². The first-order chi connectivity index (χ1) is 12.1. The molecule has 0 spiro atoms. The zero-order valence-corrected chi connectivity index (χ0v) is 14.0. The van der Waals surface area contributed by atoms with Crippen molar-refractivity contribution < 1.29 is 13.7 Å². The van der Waals surface area contributed by atoms with E-state index in [1.807, 2.05) is 31.2 Å². The van der Waals surface area contributed by atoms with E-state index < -0.39 is 0 Å². The third kappa shape index (κ3) is 4.32. The molecule has 0 unspecified atom stereocenters. The van der Waals surface area contributed by atoms with E-state index >= 15 is 0 Å². The lowest BCUT2D eigenvalue weighted by Crippen LogP contribution is -2.23. The van der Waals surface area contributed by atoms with Crippen molar-refractivity contribution in [1.29, 1.82) is 0 Å². The molecule has 0 saturated heterocycles. The molecule has 1 N–H and O–H groups in total. The number of aryl methyl sites for hydroxylation is 2. The Kier molecular flexibility index (Phi) is 5.23. The molecule has 1 aromatic heterocycles. The molecule has 0 aliphatic carbocycles. The Balaban J connectivity index is 1.57. The van der Waals surface area contributed by atoms with Crippen LogP contribution in [0.4, 0.5) is 4.39 Å². The van der Waals surface area contributed by atoms with E-state index in [2.05, 4.69) is 10.5 Å². The van der Waals surface area contributed by atoms with Crippen LogP contribution in [0.2, 0.25) is 0 Å². The number of amides is 1. The summed E-state index contributed by atoms with van der Waals surface area (Å²) >= 11 is 0. The van der Waals surface area contributed by atoms with Gasteiger partial charge in [-0.1, -0.05) is 53.2 Å². The van der Waals surface area contributed by atoms with Crippen molar-refractivity contribution in [2.75, 3.05) is 0 Å². The maximum atomic E-state index is 13.5. The molecule has 0 saturated carbocycles. The normalized spacial score (nSPS) is 10.6. The number of hydrogen-bond acceptors (Lipinski definition) is 3. The zero-order valence-electron chi connectivity index (χ0n) is 14.0. The van der Waals surface area contributed by atoms with Crippen molar-refractivity contribution >= 4 is 5.91 Å². The maximum Gasteiger partial charge on any atom is 0.220 e. The number of hydrogen-bond donors (Lipinski definition) is 1. The molecule has 0 radical (unpaired) electrons. The lowest BCUT2D eigenvalue weighted by Gasteiger charge is -2.06. The molecule has 2 aromatic carbocycles. The molecule has 1 heterocycles. The zero-order chi connectivity index (χ0) is 17.6. The SMILES string of the molecule is Cc1ccc(-c2nocc2CCC(=O)NCc2ccccc2F)cc1. The topological polar surface area (TPSA) is 55.1 Å². The van der Waals surface area contributed by atoms with Gasteiger partial charge in [-0.25, -0.2) is 4.39 Å². The Bertz CT molecular complexity index is 856. The van der Waals surface area contributed by atoms with Crippen molar-refractivity contribution in [2.45, 2.75) is 26.3 Å². The molecule has 0 aliphatic heterocycles. The number of nitrogens with zero attached hydrogens (tertiary/aromatic N) is 1. The summed E-state index contributed by atoms with van der Waals surface area (Å²) in [5, 5.41) is 6.78. The minimum atomic E-state index is -0.316. The van der Waals surface area contributed by atoms with E-state index in [0.717, 1.165) is 16.8 Å². The Morgan fingerprint density at radius 2 is 1.88 bits per heavy atom. The Morgan fingerprint density at radius 1 is 1.12 bits per heavy atom. The fourth-order valence-electron chi connectivity index (χ4n) is 2.56. The highest BCUT2D eigenvalue weighted by Crippen LogP contribution is 2.23. The number of nitrogens with one attached hydrogen (secondary N) is 1. The number of carbonyl (C=O) groups excluding carboxylic acids is 1. The number of halogens is 1. The molecule has 5 heteroatoms. The van der Waals surface area contributed by atoms with Gasteiger partial charge >= 0.3 is 0 Å². The maximum absolute atomic E-state index is 13.5. The highest BCUT2D eigenvalue weighted by Gasteiger charge is 2.12. The lowest BCUT2D eigenvalue weighted by molar-refractivity contribution is -0.121. The minimum absolute atomic E-state index is 0.140. The van der Waals surface area contributed by atoms with Crippen LogP contribution in [0.25, 0.3) is 11.3 Å². The predicted molar refractivity (Wildman–Crippen MR) is 93.2 cm³/mol. The van der Waals surface area contributed by atoms with Gasteiger partial charge in [0.2, 0.25) is 5.91 Å². The quantitative estimate of drug-likeness (QED) is 0.738. The van der Waals surface area contributed by atoms with Crippen LogP contribution in [0.3, 0.4) is 0 Å². The van der Waals surface area contributed by atoms with Crippen LogP contribution in [-0.2, 0) is 17.8 Å². The fraction of sp³-hybridized carbons (Fsp3) is 0.200. The summed E-state index contributed by atoms with van der Waals surface area (Å²) in [6, 6.07) is 14.4. The second-order valence-corrected chi connectivity index (χ2v) is 5.92. The average molecular weight is 338 g/mol. The van der Waals surface area contributed by atoms with Crippen LogP contribution in [-0.4, -0.2) is 11.1 Å². The van der Waals surface area contributed by atoms with Crippen LogP contribution >= 0.6 is 0 Å². The van der Waals surface area contributed by atoms with Crippen molar-refractivity contribution in [1.82, 2.24) is 10.5 Å². The third-order valence-corrected chi connectivity index (χ3v) is 4.02. The average Bonchev–Trinajstić information content (AvgIpc) is 3.08. The molecule has 4 nitrogen and oxygen atoms in total. The van der Waals surface area contributed by atoms with Gasteiger partial charge in [0, 0.05) is 29.7 Å². The standard InChI is InChI=1S/C20H19FN2O2/c1-14-6-8-15(9-7-14)20-17(13-25-23-20)10-11-19(24)22-12-16-4-2-3-5-18(16)21/h2-9,13H,10-12H2,1H3,(H,22,24). The lowest BCUT2D eigenvalue weighted by atomic mass is 10.0. The molecule has 0 aliphatic rings. The van der Waals surface area contributed by atoms with Crippen LogP contribution < -0.4 is 5.32 Å². The molecule has 0 atom stereocenters. The van der Waals surface area contributed by atoms with Crippen molar-refractivity contribution in [2.24, 2.45) is 0 Å². The van der Waals surface area contributed by atoms with Gasteiger partial charge in [0.15, 0.2) is 0 Å². The van der Waals surface area contributed by atoms with Crippen molar-refractivity contribution in [3.63, 3.8) is 0 Å². The Morgan fingerprint density at radius 3 is 2.64 bits per heavy atom. The first-order valence-electron chi connectivity index (χ1n) is 8.14. The van der Waals surface area contributed by atoms with Gasteiger partial charge in [-0.05, 0) is 19.4 Å². The first-order valence-corrected chi connectivity index (χ1v) is 8.14. The second-order valence-electron chi connectivity index (χ2n) is 5.92. The molecule has 3 aromatic rings. The monoisotopic (exact) mass is 338 g/mol. The van der Waals surface area contributed by atoms with E-state index in [1.54, 1.807) is 24.5 Å². The van der Waals surface area contributed by atoms with Gasteiger partial charge in [0.05, 0.1) is 0 Å². The molecular formula is C20H19FN2O2. The predicted octanol–water partition coefficient (Wildman–Crippen LogP) is 4.04. The number of carbonyl (C=O) groups is 1. The van der Waals surface area contributed by atoms with E-state index in [-0.39, 0.29) is 24.7 Å². The summed E-state index contributed by atoms with van der Waals surface area (Å²) in [4.78, 5) is 12.0. The molecule has 0 fully saturated rings. The Hall–Kier alpha value is -2.95. The molecular weight excluding hydrogens is 319 g/mol. The Labute approximate surface area is 145 Å². The molecule has 128 valence electrons. The first kappa shape index (κ1) is 16.9. The number of benzene rings is 2. The summed E-state index contributed by atoms with van der Waals surface area (Å²) in [5.74, 6) is -0.456. The fourth-order valence-corrected chi connectivity index (χ4v) is 2.56. The highest BCUT2D eigenvalue weighted by molar-refractivity contribution is 5.76.